The van der Waals surface area contributed by atoms with Gasteiger partial charge in [-0.1, -0.05) is 0 Å². The number of aliphatic imine (C=N–C) groups is 1. The van der Waals surface area contributed by atoms with Crippen molar-refractivity contribution in [1.29, 1.82) is 0 Å². The molecule has 1 atom stereocenters. The van der Waals surface area contributed by atoms with Crippen molar-refractivity contribution in [2.45, 2.75) is 6.04 Å². The molecule has 1 aliphatic rings. The minimum Gasteiger partial charge on any atom is -0.479 e. The van der Waals surface area contributed by atoms with E-state index in [0.717, 1.165) is 0 Å². The summed E-state index contributed by atoms with van der Waals surface area (Å²) in [7, 11) is 0. The number of rotatable bonds is 1. The maximum Gasteiger partial charge on any atom is 0.334 e. The van der Waals surface area contributed by atoms with Gasteiger partial charge in [0, 0.05) is 6.21 Å². The van der Waals surface area contributed by atoms with Gasteiger partial charge in [-0.2, -0.15) is 0 Å². The second kappa shape index (κ2) is 0.801. The zero-order valence-corrected chi connectivity index (χ0v) is 2.96. The Hall–Kier alpha value is -0.860. The summed E-state index contributed by atoms with van der Waals surface area (Å²) in [5, 5.41) is 7.93. The predicted molar refractivity (Wildman–Crippen MR) is 19.9 cm³/mol. The minimum absolute atomic E-state index is 0.481. The number of carbonyl (C=O) groups is 1. The molecule has 0 aliphatic carbocycles. The van der Waals surface area contributed by atoms with Crippen LogP contribution in [0.5, 0.6) is 0 Å². The second-order valence-electron chi connectivity index (χ2n) is 1.08. The molecule has 32 valence electrons. The molecule has 0 aromatic carbocycles. The van der Waals surface area contributed by atoms with Crippen LogP contribution >= 0.6 is 0 Å². The fourth-order valence-electron chi connectivity index (χ4n) is 0.171. The fourth-order valence-corrected chi connectivity index (χ4v) is 0.171. The molecule has 0 aromatic rings. The van der Waals surface area contributed by atoms with Gasteiger partial charge in [0.15, 0.2) is 6.04 Å². The van der Waals surface area contributed by atoms with Gasteiger partial charge in [0.2, 0.25) is 0 Å². The van der Waals surface area contributed by atoms with Crippen LogP contribution in [0.25, 0.3) is 0 Å². The zero-order valence-electron chi connectivity index (χ0n) is 2.96. The Morgan fingerprint density at radius 3 is 2.50 bits per heavy atom. The first-order valence-electron chi connectivity index (χ1n) is 1.57. The van der Waals surface area contributed by atoms with Crippen molar-refractivity contribution in [3.8, 4) is 0 Å². The summed E-state index contributed by atoms with van der Waals surface area (Å²) < 4.78 is 0. The Kier molecular flexibility index (Phi) is 0.445. The molecule has 1 N–H and O–H groups in total. The molecule has 1 rings (SSSR count). The largest absolute Gasteiger partial charge is 0.479 e. The maximum atomic E-state index is 9.64. The molecular weight excluding hydrogens is 82.0 g/mol. The lowest BCUT2D eigenvalue weighted by atomic mass is 10.5. The van der Waals surface area contributed by atoms with Crippen LogP contribution in [0.4, 0.5) is 0 Å². The van der Waals surface area contributed by atoms with Crippen LogP contribution < -0.4 is 0 Å². The molecule has 0 aromatic heterocycles. The lowest BCUT2D eigenvalue weighted by Gasteiger charge is -1.74. The van der Waals surface area contributed by atoms with Crippen LogP contribution in [0, 0.1) is 0 Å². The summed E-state index contributed by atoms with van der Waals surface area (Å²) in [6.07, 6.45) is 1.39. The number of nitrogens with zero attached hydrogens (tertiary/aromatic N) is 1. The highest BCUT2D eigenvalue weighted by atomic mass is 16.4. The molecule has 0 amide bonds. The number of hydrogen-bond acceptors (Lipinski definition) is 2. The molecule has 0 bridgehead atoms. The molecule has 0 radical (unpaired) electrons. The van der Waals surface area contributed by atoms with E-state index in [4.69, 9.17) is 5.11 Å². The molecular formula is C3H3NO2. The molecule has 1 aliphatic heterocycles. The van der Waals surface area contributed by atoms with E-state index in [0.29, 0.717) is 0 Å². The smallest absolute Gasteiger partial charge is 0.334 e. The number of carboxylic acid groups (broad SMARTS) is 1. The molecule has 0 fully saturated rings. The van der Waals surface area contributed by atoms with Crippen molar-refractivity contribution in [2.75, 3.05) is 0 Å². The Morgan fingerprint density at radius 2 is 2.50 bits per heavy atom. The van der Waals surface area contributed by atoms with Crippen LogP contribution in [0.2, 0.25) is 0 Å². The summed E-state index contributed by atoms with van der Waals surface area (Å²) in [6, 6.07) is -0.481. The van der Waals surface area contributed by atoms with Gasteiger partial charge in [-0.25, -0.2) is 4.79 Å². The van der Waals surface area contributed by atoms with Crippen molar-refractivity contribution in [3.63, 3.8) is 0 Å². The Morgan fingerprint density at radius 1 is 2.00 bits per heavy atom. The number of carboxylic acids is 1. The summed E-state index contributed by atoms with van der Waals surface area (Å²) >= 11 is 0. The van der Waals surface area contributed by atoms with Gasteiger partial charge < -0.3 is 5.11 Å². The summed E-state index contributed by atoms with van der Waals surface area (Å²) in [5.41, 5.74) is 0. The maximum absolute atomic E-state index is 9.64. The first-order valence-corrected chi connectivity index (χ1v) is 1.57. The van der Waals surface area contributed by atoms with Crippen LogP contribution in [-0.4, -0.2) is 23.3 Å². The molecule has 1 heterocycles. The van der Waals surface area contributed by atoms with Crippen LogP contribution in [0.15, 0.2) is 4.99 Å². The lowest BCUT2D eigenvalue weighted by molar-refractivity contribution is -0.135. The Bertz CT molecular complexity index is 101. The van der Waals surface area contributed by atoms with E-state index in [1.165, 1.54) is 6.21 Å². The van der Waals surface area contributed by atoms with Gasteiger partial charge in [0.05, 0.1) is 0 Å². The van der Waals surface area contributed by atoms with E-state index in [-0.39, 0.29) is 0 Å². The van der Waals surface area contributed by atoms with E-state index in [1.807, 2.05) is 0 Å². The highest BCUT2D eigenvalue weighted by molar-refractivity contribution is 6.02. The molecule has 3 nitrogen and oxygen atoms in total. The number of hydrogen-bond donors (Lipinski definition) is 1. The third-order valence-electron chi connectivity index (χ3n) is 0.551. The van der Waals surface area contributed by atoms with Crippen molar-refractivity contribution < 1.29 is 9.90 Å². The Balaban J connectivity index is 2.35. The van der Waals surface area contributed by atoms with E-state index < -0.39 is 12.0 Å². The molecule has 1 unspecified atom stereocenters. The fraction of sp³-hybridized carbons (Fsp3) is 0.333. The first-order chi connectivity index (χ1) is 2.80. The van der Waals surface area contributed by atoms with Gasteiger partial charge in [0.1, 0.15) is 0 Å². The lowest BCUT2D eigenvalue weighted by Crippen LogP contribution is -2.04. The van der Waals surface area contributed by atoms with Crippen molar-refractivity contribution in [1.82, 2.24) is 0 Å². The van der Waals surface area contributed by atoms with E-state index in [9.17, 15) is 4.79 Å². The Labute approximate surface area is 34.3 Å². The topological polar surface area (TPSA) is 49.7 Å². The van der Waals surface area contributed by atoms with Gasteiger partial charge in [-0.3, -0.25) is 4.99 Å². The minimum atomic E-state index is -0.852. The summed E-state index contributed by atoms with van der Waals surface area (Å²) in [6.45, 7) is 0. The standard InChI is InChI=1S/C3H3NO2/c5-3(6)2-1-4-2/h1-2H,(H,5,6). The van der Waals surface area contributed by atoms with Crippen LogP contribution in [0.3, 0.4) is 0 Å². The monoisotopic (exact) mass is 85.0 g/mol. The van der Waals surface area contributed by atoms with Gasteiger partial charge in [0.25, 0.3) is 0 Å². The first kappa shape index (κ1) is 3.33. The normalized spacial score (nSPS) is 27.0. The van der Waals surface area contributed by atoms with E-state index in [1.54, 1.807) is 0 Å². The molecule has 0 saturated carbocycles. The average Bonchev–Trinajstić information content (AvgIpc) is 2.06. The average molecular weight is 85.1 g/mol. The van der Waals surface area contributed by atoms with Gasteiger partial charge in [-0.05, 0) is 0 Å². The zero-order chi connectivity index (χ0) is 4.57. The molecule has 6 heavy (non-hydrogen) atoms. The number of aliphatic carboxylic acids is 1. The van der Waals surface area contributed by atoms with Crippen molar-refractivity contribution >= 4 is 12.2 Å². The van der Waals surface area contributed by atoms with Crippen molar-refractivity contribution in [3.05, 3.63) is 0 Å². The summed E-state index contributed by atoms with van der Waals surface area (Å²) in [4.78, 5) is 13.0. The SMILES string of the molecule is O=C(O)C1C=N1. The second-order valence-corrected chi connectivity index (χ2v) is 1.08. The highest BCUT2D eigenvalue weighted by Crippen LogP contribution is 1.98. The van der Waals surface area contributed by atoms with E-state index >= 15 is 0 Å². The third kappa shape index (κ3) is 0.381. The molecule has 0 spiro atoms. The quantitative estimate of drug-likeness (QED) is 0.467. The van der Waals surface area contributed by atoms with Gasteiger partial charge >= 0.3 is 5.97 Å². The summed E-state index contributed by atoms with van der Waals surface area (Å²) in [5.74, 6) is -0.852. The molecule has 0 saturated heterocycles. The highest BCUT2D eigenvalue weighted by Gasteiger charge is 2.20. The third-order valence-corrected chi connectivity index (χ3v) is 0.551. The van der Waals surface area contributed by atoms with E-state index in [2.05, 4.69) is 4.99 Å². The van der Waals surface area contributed by atoms with Crippen LogP contribution in [0.1, 0.15) is 0 Å². The van der Waals surface area contributed by atoms with Crippen molar-refractivity contribution in [2.24, 2.45) is 4.99 Å². The van der Waals surface area contributed by atoms with Crippen LogP contribution in [-0.2, 0) is 4.79 Å². The predicted octanol–water partition coefficient (Wildman–Crippen LogP) is -0.476. The molecule has 3 heteroatoms. The van der Waals surface area contributed by atoms with Gasteiger partial charge in [-0.15, -0.1) is 0 Å².